The molecule has 4 nitrogen and oxygen atoms in total. The van der Waals surface area contributed by atoms with E-state index >= 15 is 0 Å². The lowest BCUT2D eigenvalue weighted by Crippen LogP contribution is -2.08. The molecule has 0 atom stereocenters. The number of alkyl halides is 3. The molecule has 3 N–H and O–H groups in total. The largest absolute Gasteiger partial charge is 0.504 e. The van der Waals surface area contributed by atoms with Crippen molar-refractivity contribution in [3.63, 3.8) is 0 Å². The first-order chi connectivity index (χ1) is 9.88. The van der Waals surface area contributed by atoms with Crippen LogP contribution >= 0.6 is 0 Å². The summed E-state index contributed by atoms with van der Waals surface area (Å²) in [6, 6.07) is 8.89. The normalized spacial score (nSPS) is 11.8. The van der Waals surface area contributed by atoms with Gasteiger partial charge in [0.15, 0.2) is 11.5 Å². The molecule has 2 aromatic rings. The first-order valence-electron chi connectivity index (χ1n) is 5.85. The van der Waals surface area contributed by atoms with Crippen molar-refractivity contribution in [2.24, 2.45) is 5.10 Å². The fourth-order valence-corrected chi connectivity index (χ4v) is 1.62. The summed E-state index contributed by atoms with van der Waals surface area (Å²) < 4.78 is 38.2. The van der Waals surface area contributed by atoms with E-state index in [1.807, 2.05) is 0 Å². The number of halogens is 3. The molecule has 0 heterocycles. The molecule has 0 bridgehead atoms. The lowest BCUT2D eigenvalue weighted by molar-refractivity contribution is -0.136. The number of hydrazone groups is 1. The van der Waals surface area contributed by atoms with Crippen LogP contribution in [0.5, 0.6) is 11.5 Å². The molecule has 0 amide bonds. The number of hydrogen-bond acceptors (Lipinski definition) is 4. The lowest BCUT2D eigenvalue weighted by atomic mass is 10.2. The summed E-state index contributed by atoms with van der Waals surface area (Å²) in [5, 5.41) is 22.1. The molecule has 21 heavy (non-hydrogen) atoms. The molecule has 2 rings (SSSR count). The Bertz CT molecular complexity index is 670. The van der Waals surface area contributed by atoms with Gasteiger partial charge in [0.1, 0.15) is 0 Å². The standard InChI is InChI=1S/C14H11F3N2O2/c15-14(16,17)10-3-1-2-4-11(10)19-18-8-9-5-6-12(20)13(21)7-9/h1-8,19-21H/b18-8-. The molecule has 0 aliphatic carbocycles. The van der Waals surface area contributed by atoms with Gasteiger partial charge in [0, 0.05) is 0 Å². The van der Waals surface area contributed by atoms with Gasteiger partial charge in [-0.15, -0.1) is 0 Å². The highest BCUT2D eigenvalue weighted by atomic mass is 19.4. The number of hydrogen-bond donors (Lipinski definition) is 3. The van der Waals surface area contributed by atoms with Gasteiger partial charge in [0.25, 0.3) is 0 Å². The predicted molar refractivity (Wildman–Crippen MR) is 72.4 cm³/mol. The molecule has 0 aliphatic rings. The van der Waals surface area contributed by atoms with Gasteiger partial charge in [0.05, 0.1) is 17.5 Å². The molecular weight excluding hydrogens is 285 g/mol. The van der Waals surface area contributed by atoms with Crippen LogP contribution in [0.2, 0.25) is 0 Å². The van der Waals surface area contributed by atoms with E-state index in [9.17, 15) is 18.3 Å². The number of nitrogens with zero attached hydrogens (tertiary/aromatic N) is 1. The van der Waals surface area contributed by atoms with Crippen LogP contribution < -0.4 is 5.43 Å². The zero-order valence-corrected chi connectivity index (χ0v) is 10.6. The highest BCUT2D eigenvalue weighted by molar-refractivity contribution is 5.81. The smallest absolute Gasteiger partial charge is 0.418 e. The van der Waals surface area contributed by atoms with Gasteiger partial charge >= 0.3 is 6.18 Å². The first kappa shape index (κ1) is 14.7. The Labute approximate surface area is 118 Å². The van der Waals surface area contributed by atoms with Crippen molar-refractivity contribution in [1.82, 2.24) is 0 Å². The molecule has 0 unspecified atom stereocenters. The fourth-order valence-electron chi connectivity index (χ4n) is 1.62. The van der Waals surface area contributed by atoms with E-state index < -0.39 is 11.7 Å². The second kappa shape index (κ2) is 5.74. The zero-order chi connectivity index (χ0) is 15.5. The Balaban J connectivity index is 2.16. The first-order valence-corrected chi connectivity index (χ1v) is 5.85. The fraction of sp³-hybridized carbons (Fsp3) is 0.0714. The third-order valence-electron chi connectivity index (χ3n) is 2.63. The summed E-state index contributed by atoms with van der Waals surface area (Å²) in [5.41, 5.74) is 1.73. The minimum absolute atomic E-state index is 0.177. The number of benzene rings is 2. The van der Waals surface area contributed by atoms with Gasteiger partial charge in [0.2, 0.25) is 0 Å². The highest BCUT2D eigenvalue weighted by Crippen LogP contribution is 2.34. The van der Waals surface area contributed by atoms with Crippen LogP contribution in [-0.4, -0.2) is 16.4 Å². The van der Waals surface area contributed by atoms with Crippen molar-refractivity contribution >= 4 is 11.9 Å². The van der Waals surface area contributed by atoms with Crippen molar-refractivity contribution < 1.29 is 23.4 Å². The Kier molecular flexibility index (Phi) is 4.02. The van der Waals surface area contributed by atoms with Gasteiger partial charge in [-0.25, -0.2) is 0 Å². The molecule has 0 spiro atoms. The number of phenols is 2. The Morgan fingerprint density at radius 1 is 1.00 bits per heavy atom. The van der Waals surface area contributed by atoms with Crippen molar-refractivity contribution in [3.05, 3.63) is 53.6 Å². The van der Waals surface area contributed by atoms with Crippen molar-refractivity contribution in [2.75, 3.05) is 5.43 Å². The quantitative estimate of drug-likeness (QED) is 0.461. The number of phenolic OH excluding ortho intramolecular Hbond substituents is 2. The molecule has 110 valence electrons. The molecular formula is C14H11F3N2O2. The van der Waals surface area contributed by atoms with E-state index in [0.29, 0.717) is 5.56 Å². The maximum atomic E-state index is 12.7. The van der Waals surface area contributed by atoms with Crippen LogP contribution in [0, 0.1) is 0 Å². The van der Waals surface area contributed by atoms with E-state index in [0.717, 1.165) is 6.07 Å². The van der Waals surface area contributed by atoms with Crippen LogP contribution in [0.3, 0.4) is 0 Å². The van der Waals surface area contributed by atoms with E-state index in [2.05, 4.69) is 10.5 Å². The van der Waals surface area contributed by atoms with Crippen LogP contribution in [-0.2, 0) is 6.18 Å². The minimum Gasteiger partial charge on any atom is -0.504 e. The number of para-hydroxylation sites is 1. The second-order valence-electron chi connectivity index (χ2n) is 4.16. The maximum Gasteiger partial charge on any atom is 0.418 e. The van der Waals surface area contributed by atoms with Crippen molar-refractivity contribution in [3.8, 4) is 11.5 Å². The van der Waals surface area contributed by atoms with E-state index in [4.69, 9.17) is 5.11 Å². The molecule has 7 heteroatoms. The summed E-state index contributed by atoms with van der Waals surface area (Å²) in [4.78, 5) is 0. The number of nitrogens with one attached hydrogen (secondary N) is 1. The monoisotopic (exact) mass is 296 g/mol. The van der Waals surface area contributed by atoms with E-state index in [-0.39, 0.29) is 17.2 Å². The Morgan fingerprint density at radius 2 is 1.71 bits per heavy atom. The Hall–Kier alpha value is -2.70. The summed E-state index contributed by atoms with van der Waals surface area (Å²) in [6.07, 6.45) is -3.25. The predicted octanol–water partition coefficient (Wildman–Crippen LogP) is 3.56. The SMILES string of the molecule is Oc1ccc(/C=N\Nc2ccccc2C(F)(F)F)cc1O. The second-order valence-corrected chi connectivity index (χ2v) is 4.16. The topological polar surface area (TPSA) is 64.9 Å². The number of rotatable bonds is 3. The number of anilines is 1. The van der Waals surface area contributed by atoms with Crippen LogP contribution in [0.15, 0.2) is 47.6 Å². The van der Waals surface area contributed by atoms with Gasteiger partial charge in [-0.05, 0) is 35.9 Å². The van der Waals surface area contributed by atoms with E-state index in [1.54, 1.807) is 0 Å². The average molecular weight is 296 g/mol. The highest BCUT2D eigenvalue weighted by Gasteiger charge is 2.33. The summed E-state index contributed by atoms with van der Waals surface area (Å²) in [7, 11) is 0. The average Bonchev–Trinajstić information content (AvgIpc) is 2.42. The molecule has 0 aromatic heterocycles. The maximum absolute atomic E-state index is 12.7. The van der Waals surface area contributed by atoms with Gasteiger partial charge in [-0.2, -0.15) is 18.3 Å². The molecule has 0 fully saturated rings. The lowest BCUT2D eigenvalue weighted by Gasteiger charge is -2.11. The van der Waals surface area contributed by atoms with Crippen molar-refractivity contribution in [2.45, 2.75) is 6.18 Å². The molecule has 0 saturated carbocycles. The minimum atomic E-state index is -4.48. The third kappa shape index (κ3) is 3.65. The van der Waals surface area contributed by atoms with Crippen LogP contribution in [0.4, 0.5) is 18.9 Å². The van der Waals surface area contributed by atoms with Crippen LogP contribution in [0.1, 0.15) is 11.1 Å². The number of aromatic hydroxyl groups is 2. The zero-order valence-electron chi connectivity index (χ0n) is 10.6. The molecule has 0 radical (unpaired) electrons. The third-order valence-corrected chi connectivity index (χ3v) is 2.63. The summed E-state index contributed by atoms with van der Waals surface area (Å²) in [5.74, 6) is -0.628. The van der Waals surface area contributed by atoms with Crippen molar-refractivity contribution in [1.29, 1.82) is 0 Å². The molecule has 2 aromatic carbocycles. The van der Waals surface area contributed by atoms with Gasteiger partial charge in [-0.3, -0.25) is 5.43 Å². The Morgan fingerprint density at radius 3 is 2.38 bits per heavy atom. The van der Waals surface area contributed by atoms with Gasteiger partial charge in [-0.1, -0.05) is 12.1 Å². The van der Waals surface area contributed by atoms with Gasteiger partial charge < -0.3 is 10.2 Å². The van der Waals surface area contributed by atoms with Crippen LogP contribution in [0.25, 0.3) is 0 Å². The molecule has 0 aliphatic heterocycles. The summed E-state index contributed by atoms with van der Waals surface area (Å²) >= 11 is 0. The van der Waals surface area contributed by atoms with E-state index in [1.165, 1.54) is 42.6 Å². The molecule has 0 saturated heterocycles. The summed E-state index contributed by atoms with van der Waals surface area (Å²) in [6.45, 7) is 0.